The number of hydrogen-bond donors (Lipinski definition) is 1. The summed E-state index contributed by atoms with van der Waals surface area (Å²) in [4.78, 5) is 4.33. The van der Waals surface area contributed by atoms with E-state index in [0.717, 1.165) is 6.20 Å². The molecule has 0 amide bonds. The highest BCUT2D eigenvalue weighted by atomic mass is 127. The van der Waals surface area contributed by atoms with Crippen LogP contribution < -0.4 is 0 Å². The molecule has 1 N–H and O–H groups in total. The molecule has 0 fully saturated rings. The number of nitrogens with zero attached hydrogens (tertiary/aromatic N) is 5. The molecule has 9 heteroatoms. The summed E-state index contributed by atoms with van der Waals surface area (Å²) in [6.45, 7) is 6.30. The number of halogens is 1. The summed E-state index contributed by atoms with van der Waals surface area (Å²) in [5.74, 6) is 0. The van der Waals surface area contributed by atoms with Gasteiger partial charge in [0.15, 0.2) is 0 Å². The fraction of sp³-hybridized carbons (Fsp3) is 0. The lowest BCUT2D eigenvalue weighted by Gasteiger charge is -2.43. The van der Waals surface area contributed by atoms with Gasteiger partial charge in [-0.1, -0.05) is 0 Å². The van der Waals surface area contributed by atoms with Crippen LogP contribution in [0, 0.1) is 0 Å². The van der Waals surface area contributed by atoms with E-state index in [1.807, 2.05) is 0 Å². The standard InChI is InChI=1S/C3H6IN5O3/c1-3-6-8(7-5-2)12-9(10)11-4/h3,10H,1-2H2/q-2. The third-order valence-electron chi connectivity index (χ3n) is 0.522. The summed E-state index contributed by atoms with van der Waals surface area (Å²) >= 11 is 1.37. The van der Waals surface area contributed by atoms with Crippen LogP contribution >= 0.6 is 23.0 Å². The summed E-state index contributed by atoms with van der Waals surface area (Å²) in [6, 6.07) is 0. The molecular weight excluding hydrogens is 281 g/mol. The molecule has 0 spiro atoms. The van der Waals surface area contributed by atoms with E-state index in [4.69, 9.17) is 5.21 Å². The summed E-state index contributed by atoms with van der Waals surface area (Å²) in [6.07, 6.45) is 1.12. The van der Waals surface area contributed by atoms with Crippen molar-refractivity contribution in [1.82, 2.24) is 10.7 Å². The molecule has 0 saturated carbocycles. The average molecular weight is 287 g/mol. The molecule has 0 aromatic heterocycles. The Morgan fingerprint density at radius 1 is 1.67 bits per heavy atom. The largest absolute Gasteiger partial charge is 0.615 e. The molecule has 0 aliphatic carbocycles. The Labute approximate surface area is 82.9 Å². The summed E-state index contributed by atoms with van der Waals surface area (Å²) in [7, 11) is 0. The van der Waals surface area contributed by atoms with Gasteiger partial charge in [-0.3, -0.25) is 5.21 Å². The van der Waals surface area contributed by atoms with Crippen LogP contribution in [0.15, 0.2) is 17.9 Å². The van der Waals surface area contributed by atoms with Gasteiger partial charge in [-0.05, 0) is 6.72 Å². The fourth-order valence-corrected chi connectivity index (χ4v) is 0.331. The third kappa shape index (κ3) is 5.22. The van der Waals surface area contributed by atoms with Crippen molar-refractivity contribution in [3.05, 3.63) is 23.7 Å². The minimum Gasteiger partial charge on any atom is -0.615 e. The molecule has 0 aliphatic rings. The van der Waals surface area contributed by atoms with E-state index >= 15 is 0 Å². The highest BCUT2D eigenvalue weighted by Crippen LogP contribution is 2.09. The Hall–Kier alpha value is -0.460. The van der Waals surface area contributed by atoms with Crippen LogP contribution in [-0.2, 0) is 8.11 Å². The van der Waals surface area contributed by atoms with E-state index in [9.17, 15) is 0 Å². The predicted octanol–water partition coefficient (Wildman–Crippen LogP) is 1.44. The Morgan fingerprint density at radius 3 is 2.75 bits per heavy atom. The first-order chi connectivity index (χ1) is 5.74. The van der Waals surface area contributed by atoms with Crippen LogP contribution in [0.5, 0.6) is 0 Å². The van der Waals surface area contributed by atoms with Gasteiger partial charge in [-0.2, -0.15) is 14.3 Å². The molecule has 0 aromatic rings. The van der Waals surface area contributed by atoms with Gasteiger partial charge in [-0.25, -0.2) is 0 Å². The first kappa shape index (κ1) is 11.5. The molecular formula is C3H6IN5O3-2. The van der Waals surface area contributed by atoms with E-state index in [0.29, 0.717) is 5.28 Å². The highest BCUT2D eigenvalue weighted by molar-refractivity contribution is 14.1. The molecule has 8 nitrogen and oxygen atoms in total. The molecule has 0 aliphatic heterocycles. The summed E-state index contributed by atoms with van der Waals surface area (Å²) < 4.78 is 4.15. The van der Waals surface area contributed by atoms with Gasteiger partial charge in [-0.15, -0.1) is 6.58 Å². The number of hydrogen-bond acceptors (Lipinski definition) is 6. The van der Waals surface area contributed by atoms with E-state index < -0.39 is 0 Å². The zero-order valence-corrected chi connectivity index (χ0v) is 8.03. The maximum absolute atomic E-state index is 8.60. The fourth-order valence-electron chi connectivity index (χ4n) is 0.260. The van der Waals surface area contributed by atoms with Gasteiger partial charge in [0.2, 0.25) is 0 Å². The first-order valence-corrected chi connectivity index (χ1v) is 3.37. The lowest BCUT2D eigenvalue weighted by Crippen LogP contribution is -2.24. The zero-order valence-electron chi connectivity index (χ0n) is 5.87. The van der Waals surface area contributed by atoms with Crippen LogP contribution in [0.2, 0.25) is 0 Å². The van der Waals surface area contributed by atoms with Crippen LogP contribution in [0.3, 0.4) is 0 Å². The van der Waals surface area contributed by atoms with Crippen LogP contribution in [0.1, 0.15) is 0 Å². The van der Waals surface area contributed by atoms with E-state index in [1.54, 1.807) is 0 Å². The lowest BCUT2D eigenvalue weighted by atomic mass is 11.1. The molecule has 0 rings (SSSR count). The Balaban J connectivity index is 3.75. The molecule has 0 atom stereocenters. The summed E-state index contributed by atoms with van der Waals surface area (Å²) in [5.41, 5.74) is 6.60. The maximum atomic E-state index is 8.60. The molecule has 0 saturated heterocycles. The topological polar surface area (TPSA) is 85.7 Å². The first-order valence-electron chi connectivity index (χ1n) is 2.48. The second kappa shape index (κ2) is 7.20. The van der Waals surface area contributed by atoms with Crippen molar-refractivity contribution >= 4 is 29.7 Å². The Bertz CT molecular complexity index is 136. The van der Waals surface area contributed by atoms with Gasteiger partial charge in [0.05, 0.1) is 5.39 Å². The quantitative estimate of drug-likeness (QED) is 0.435. The molecule has 70 valence electrons. The van der Waals surface area contributed by atoms with Crippen LogP contribution in [-0.4, -0.2) is 22.6 Å². The predicted molar refractivity (Wildman–Crippen MR) is 48.1 cm³/mol. The second-order valence-corrected chi connectivity index (χ2v) is 1.56. The number of rotatable bonds is 7. The molecule has 0 heterocycles. The van der Waals surface area contributed by atoms with Gasteiger partial charge >= 0.3 is 0 Å². The molecule has 0 aromatic carbocycles. The minimum absolute atomic E-state index is 0.0161. The van der Waals surface area contributed by atoms with Crippen molar-refractivity contribution in [2.45, 2.75) is 0 Å². The van der Waals surface area contributed by atoms with Crippen LogP contribution in [0.25, 0.3) is 11.0 Å². The third-order valence-corrected chi connectivity index (χ3v) is 0.859. The smallest absolute Gasteiger partial charge is 0.143 e. The van der Waals surface area contributed by atoms with Gasteiger partial charge in [0.25, 0.3) is 0 Å². The minimum atomic E-state index is 0.0161. The zero-order chi connectivity index (χ0) is 9.40. The maximum Gasteiger partial charge on any atom is 0.143 e. The van der Waals surface area contributed by atoms with Crippen molar-refractivity contribution in [1.29, 1.82) is 0 Å². The lowest BCUT2D eigenvalue weighted by molar-refractivity contribution is -0.515. The van der Waals surface area contributed by atoms with Gasteiger partial charge in [0.1, 0.15) is 23.0 Å². The normalized spacial score (nSPS) is 10.0. The van der Waals surface area contributed by atoms with E-state index in [1.165, 1.54) is 23.0 Å². The van der Waals surface area contributed by atoms with Crippen molar-refractivity contribution in [3.63, 3.8) is 0 Å². The van der Waals surface area contributed by atoms with Crippen molar-refractivity contribution in [2.24, 2.45) is 5.10 Å². The monoisotopic (exact) mass is 287 g/mol. The van der Waals surface area contributed by atoms with Gasteiger partial charge in [0, 0.05) is 0 Å². The highest BCUT2D eigenvalue weighted by Gasteiger charge is 1.95. The second-order valence-electron chi connectivity index (χ2n) is 1.17. The van der Waals surface area contributed by atoms with Crippen molar-refractivity contribution in [3.8, 4) is 0 Å². The molecule has 0 unspecified atom stereocenters. The summed E-state index contributed by atoms with van der Waals surface area (Å²) in [5, 5.41) is 12.2. The van der Waals surface area contributed by atoms with E-state index in [-0.39, 0.29) is 5.39 Å². The molecule has 12 heavy (non-hydrogen) atoms. The van der Waals surface area contributed by atoms with Crippen molar-refractivity contribution < 1.29 is 13.3 Å². The van der Waals surface area contributed by atoms with E-state index in [2.05, 4.69) is 37.5 Å². The average Bonchev–Trinajstić information content (AvgIpc) is 2.05. The Morgan fingerprint density at radius 2 is 2.33 bits per heavy atom. The molecule has 0 radical (unpaired) electrons. The SMILES string of the molecule is C=C[N-]N([N-]N=C)ON(O)OI. The molecule has 0 bridgehead atoms. The van der Waals surface area contributed by atoms with Crippen molar-refractivity contribution in [2.75, 3.05) is 0 Å². The Kier molecular flexibility index (Phi) is 6.93. The van der Waals surface area contributed by atoms with Gasteiger partial charge < -0.3 is 21.3 Å². The van der Waals surface area contributed by atoms with Crippen LogP contribution in [0.4, 0.5) is 0 Å².